The van der Waals surface area contributed by atoms with Crippen LogP contribution in [0.2, 0.25) is 0 Å². The normalized spacial score (nSPS) is 11.1. The first-order chi connectivity index (χ1) is 7.08. The number of hydrogen-bond acceptors (Lipinski definition) is 3. The van der Waals surface area contributed by atoms with E-state index in [1.165, 1.54) is 12.3 Å². The Hall–Kier alpha value is -1.23. The van der Waals surface area contributed by atoms with Crippen molar-refractivity contribution in [2.45, 2.75) is 33.0 Å². The summed E-state index contributed by atoms with van der Waals surface area (Å²) >= 11 is 0. The van der Waals surface area contributed by atoms with Gasteiger partial charge in [0.15, 0.2) is 0 Å². The predicted molar refractivity (Wildman–Crippen MR) is 52.8 cm³/mol. The van der Waals surface area contributed by atoms with Crippen LogP contribution >= 0.6 is 0 Å². The van der Waals surface area contributed by atoms with E-state index in [1.807, 2.05) is 13.8 Å². The number of hydrogen-bond donors (Lipinski definition) is 1. The second kappa shape index (κ2) is 5.60. The van der Waals surface area contributed by atoms with Gasteiger partial charge < -0.3 is 10.1 Å². The topological polar surface area (TPSA) is 34.1 Å². The van der Waals surface area contributed by atoms with Crippen LogP contribution in [0.25, 0.3) is 0 Å². The molecule has 0 atom stereocenters. The van der Waals surface area contributed by atoms with E-state index in [4.69, 9.17) is 0 Å². The van der Waals surface area contributed by atoms with Crippen LogP contribution in [0.4, 0.5) is 8.78 Å². The first kappa shape index (κ1) is 11.8. The van der Waals surface area contributed by atoms with E-state index in [0.717, 1.165) is 5.69 Å². The number of pyridine rings is 1. The average molecular weight is 216 g/mol. The van der Waals surface area contributed by atoms with E-state index in [1.54, 1.807) is 6.07 Å². The molecule has 1 aromatic rings. The summed E-state index contributed by atoms with van der Waals surface area (Å²) in [5.41, 5.74) is 0.797. The fraction of sp³-hybridized carbons (Fsp3) is 0.500. The van der Waals surface area contributed by atoms with Gasteiger partial charge in [0, 0.05) is 12.6 Å². The molecule has 0 saturated carbocycles. The Morgan fingerprint density at radius 3 is 2.60 bits per heavy atom. The molecule has 1 heterocycles. The van der Waals surface area contributed by atoms with Crippen molar-refractivity contribution in [3.8, 4) is 5.75 Å². The zero-order valence-electron chi connectivity index (χ0n) is 8.71. The number of aromatic nitrogens is 1. The highest BCUT2D eigenvalue weighted by atomic mass is 19.3. The number of rotatable bonds is 5. The molecule has 0 amide bonds. The molecule has 0 saturated heterocycles. The summed E-state index contributed by atoms with van der Waals surface area (Å²) in [5.74, 6) is 0.0818. The molecular weight excluding hydrogens is 202 g/mol. The summed E-state index contributed by atoms with van der Waals surface area (Å²) in [6.07, 6.45) is 1.30. The van der Waals surface area contributed by atoms with Crippen molar-refractivity contribution in [2.75, 3.05) is 0 Å². The Morgan fingerprint density at radius 1 is 1.40 bits per heavy atom. The van der Waals surface area contributed by atoms with Gasteiger partial charge in [-0.25, -0.2) is 0 Å². The molecule has 1 rings (SSSR count). The minimum Gasteiger partial charge on any atom is -0.433 e. The molecule has 1 N–H and O–H groups in total. The lowest BCUT2D eigenvalue weighted by Crippen LogP contribution is -2.22. The van der Waals surface area contributed by atoms with Gasteiger partial charge in [-0.2, -0.15) is 8.78 Å². The molecule has 84 valence electrons. The maximum Gasteiger partial charge on any atom is 0.387 e. The highest BCUT2D eigenvalue weighted by Crippen LogP contribution is 2.12. The van der Waals surface area contributed by atoms with E-state index < -0.39 is 6.61 Å². The van der Waals surface area contributed by atoms with Crippen molar-refractivity contribution in [1.82, 2.24) is 10.3 Å². The van der Waals surface area contributed by atoms with Crippen molar-refractivity contribution in [3.63, 3.8) is 0 Å². The molecule has 3 nitrogen and oxygen atoms in total. The summed E-state index contributed by atoms with van der Waals surface area (Å²) < 4.78 is 27.8. The minimum absolute atomic E-state index is 0.0818. The average Bonchev–Trinajstić information content (AvgIpc) is 2.16. The third-order valence-corrected chi connectivity index (χ3v) is 1.71. The van der Waals surface area contributed by atoms with Gasteiger partial charge in [-0.3, -0.25) is 4.98 Å². The Morgan fingerprint density at radius 2 is 2.13 bits per heavy atom. The number of ether oxygens (including phenoxy) is 1. The molecule has 0 spiro atoms. The molecule has 0 aliphatic rings. The standard InChI is InChI=1S/C10H14F2N2O/c1-7(2)13-5-8-3-4-9(6-14-8)15-10(11)12/h3-4,6-7,10,13H,5H2,1-2H3. The Balaban J connectivity index is 2.49. The van der Waals surface area contributed by atoms with E-state index >= 15 is 0 Å². The van der Waals surface area contributed by atoms with E-state index in [2.05, 4.69) is 15.0 Å². The minimum atomic E-state index is -2.80. The molecule has 0 fully saturated rings. The molecule has 5 heteroatoms. The largest absolute Gasteiger partial charge is 0.433 e. The maximum absolute atomic E-state index is 11.8. The van der Waals surface area contributed by atoms with Crippen LogP contribution in [0.1, 0.15) is 19.5 Å². The smallest absolute Gasteiger partial charge is 0.387 e. The second-order valence-corrected chi connectivity index (χ2v) is 3.40. The second-order valence-electron chi connectivity index (χ2n) is 3.40. The van der Waals surface area contributed by atoms with E-state index in [0.29, 0.717) is 12.6 Å². The quantitative estimate of drug-likeness (QED) is 0.819. The number of halogens is 2. The van der Waals surface area contributed by atoms with Gasteiger partial charge in [-0.1, -0.05) is 13.8 Å². The van der Waals surface area contributed by atoms with E-state index in [9.17, 15) is 8.78 Å². The monoisotopic (exact) mass is 216 g/mol. The Kier molecular flexibility index (Phi) is 4.42. The predicted octanol–water partition coefficient (Wildman–Crippen LogP) is 2.18. The van der Waals surface area contributed by atoms with Gasteiger partial charge in [0.05, 0.1) is 11.9 Å². The van der Waals surface area contributed by atoms with Gasteiger partial charge in [0.1, 0.15) is 5.75 Å². The van der Waals surface area contributed by atoms with Crippen LogP contribution in [0, 0.1) is 0 Å². The molecule has 0 unspecified atom stereocenters. The Labute approximate surface area is 87.5 Å². The third-order valence-electron chi connectivity index (χ3n) is 1.71. The summed E-state index contributed by atoms with van der Waals surface area (Å²) in [7, 11) is 0. The number of nitrogens with zero attached hydrogens (tertiary/aromatic N) is 1. The van der Waals surface area contributed by atoms with Gasteiger partial charge in [-0.15, -0.1) is 0 Å². The van der Waals surface area contributed by atoms with Crippen LogP contribution in [0.3, 0.4) is 0 Å². The first-order valence-electron chi connectivity index (χ1n) is 4.71. The van der Waals surface area contributed by atoms with Crippen LogP contribution in [0.15, 0.2) is 18.3 Å². The third kappa shape index (κ3) is 4.69. The van der Waals surface area contributed by atoms with Gasteiger partial charge >= 0.3 is 6.61 Å². The molecule has 0 bridgehead atoms. The lowest BCUT2D eigenvalue weighted by Gasteiger charge is -2.08. The summed E-state index contributed by atoms with van der Waals surface area (Å²) in [6, 6.07) is 3.51. The summed E-state index contributed by atoms with van der Waals surface area (Å²) in [4.78, 5) is 3.98. The summed E-state index contributed by atoms with van der Waals surface area (Å²) in [5, 5.41) is 3.17. The van der Waals surface area contributed by atoms with Crippen molar-refractivity contribution >= 4 is 0 Å². The maximum atomic E-state index is 11.8. The SMILES string of the molecule is CC(C)NCc1ccc(OC(F)F)cn1. The van der Waals surface area contributed by atoms with E-state index in [-0.39, 0.29) is 5.75 Å². The number of alkyl halides is 2. The van der Waals surface area contributed by atoms with Crippen molar-refractivity contribution in [1.29, 1.82) is 0 Å². The van der Waals surface area contributed by atoms with Crippen LogP contribution in [0.5, 0.6) is 5.75 Å². The molecular formula is C10H14F2N2O. The first-order valence-corrected chi connectivity index (χ1v) is 4.71. The van der Waals surface area contributed by atoms with Gasteiger partial charge in [0.25, 0.3) is 0 Å². The van der Waals surface area contributed by atoms with Crippen molar-refractivity contribution in [3.05, 3.63) is 24.0 Å². The van der Waals surface area contributed by atoms with Crippen LogP contribution in [-0.4, -0.2) is 17.6 Å². The molecule has 0 aliphatic heterocycles. The van der Waals surface area contributed by atoms with Crippen LogP contribution in [-0.2, 0) is 6.54 Å². The molecule has 0 aromatic carbocycles. The molecule has 0 radical (unpaired) electrons. The lowest BCUT2D eigenvalue weighted by molar-refractivity contribution is -0.0500. The zero-order chi connectivity index (χ0) is 11.3. The Bertz CT molecular complexity index is 288. The highest BCUT2D eigenvalue weighted by molar-refractivity contribution is 5.19. The van der Waals surface area contributed by atoms with Crippen molar-refractivity contribution in [2.24, 2.45) is 0 Å². The summed E-state index contributed by atoms with van der Waals surface area (Å²) in [6.45, 7) is 1.86. The lowest BCUT2D eigenvalue weighted by atomic mass is 10.3. The molecule has 1 aromatic heterocycles. The van der Waals surface area contributed by atoms with Gasteiger partial charge in [-0.05, 0) is 12.1 Å². The van der Waals surface area contributed by atoms with Gasteiger partial charge in [0.2, 0.25) is 0 Å². The number of nitrogens with one attached hydrogen (secondary N) is 1. The highest BCUT2D eigenvalue weighted by Gasteiger charge is 2.04. The van der Waals surface area contributed by atoms with Crippen LogP contribution < -0.4 is 10.1 Å². The molecule has 15 heavy (non-hydrogen) atoms. The van der Waals surface area contributed by atoms with Crippen molar-refractivity contribution < 1.29 is 13.5 Å². The zero-order valence-corrected chi connectivity index (χ0v) is 8.71. The fourth-order valence-corrected chi connectivity index (χ4v) is 0.997. The fourth-order valence-electron chi connectivity index (χ4n) is 0.997. The molecule has 0 aliphatic carbocycles.